The van der Waals surface area contributed by atoms with Gasteiger partial charge < -0.3 is 10.2 Å². The van der Waals surface area contributed by atoms with Crippen molar-refractivity contribution >= 4 is 11.8 Å². The highest BCUT2D eigenvalue weighted by Gasteiger charge is 2.30. The topological polar surface area (TPSA) is 49.4 Å². The van der Waals surface area contributed by atoms with Gasteiger partial charge >= 0.3 is 0 Å². The number of hydrogen-bond acceptors (Lipinski definition) is 2. The lowest BCUT2D eigenvalue weighted by atomic mass is 9.89. The van der Waals surface area contributed by atoms with E-state index < -0.39 is 0 Å². The number of carbonyl (C=O) groups excluding carboxylic acids is 2. The van der Waals surface area contributed by atoms with E-state index >= 15 is 0 Å². The van der Waals surface area contributed by atoms with E-state index in [4.69, 9.17) is 0 Å². The Morgan fingerprint density at radius 2 is 1.32 bits per heavy atom. The van der Waals surface area contributed by atoms with Crippen molar-refractivity contribution in [3.63, 3.8) is 0 Å². The largest absolute Gasteiger partial charge is 0.349 e. The van der Waals surface area contributed by atoms with E-state index in [1.165, 1.54) is 0 Å². The van der Waals surface area contributed by atoms with Crippen LogP contribution in [0.25, 0.3) is 0 Å². The maximum atomic E-state index is 13.5. The number of aryl methyl sites for hydroxylation is 1. The third-order valence-corrected chi connectivity index (χ3v) is 6.04. The van der Waals surface area contributed by atoms with E-state index in [1.807, 2.05) is 96.8 Å². The van der Waals surface area contributed by atoms with Gasteiger partial charge in [-0.15, -0.1) is 0 Å². The molecule has 0 spiro atoms. The van der Waals surface area contributed by atoms with E-state index in [-0.39, 0.29) is 23.8 Å². The summed E-state index contributed by atoms with van der Waals surface area (Å²) in [5.41, 5.74) is 3.71. The molecule has 1 fully saturated rings. The Morgan fingerprint density at radius 1 is 0.806 bits per heavy atom. The summed E-state index contributed by atoms with van der Waals surface area (Å²) in [6.07, 6.45) is 1.53. The zero-order valence-corrected chi connectivity index (χ0v) is 17.8. The molecule has 1 heterocycles. The summed E-state index contributed by atoms with van der Waals surface area (Å²) in [5.74, 6) is -0.212. The van der Waals surface area contributed by atoms with Crippen LogP contribution in [0.1, 0.15) is 45.8 Å². The van der Waals surface area contributed by atoms with Crippen LogP contribution >= 0.6 is 0 Å². The van der Waals surface area contributed by atoms with Crippen LogP contribution in [0.3, 0.4) is 0 Å². The molecule has 3 aromatic carbocycles. The zero-order chi connectivity index (χ0) is 21.6. The summed E-state index contributed by atoms with van der Waals surface area (Å²) in [7, 11) is 0. The Labute approximate surface area is 183 Å². The number of nitrogens with zero attached hydrogens (tertiary/aromatic N) is 1. The van der Waals surface area contributed by atoms with Crippen molar-refractivity contribution < 1.29 is 9.59 Å². The highest BCUT2D eigenvalue weighted by atomic mass is 16.2. The molecule has 1 aliphatic heterocycles. The quantitative estimate of drug-likeness (QED) is 0.668. The second-order valence-corrected chi connectivity index (χ2v) is 8.14. The van der Waals surface area contributed by atoms with Gasteiger partial charge in [-0.25, -0.2) is 0 Å². The van der Waals surface area contributed by atoms with E-state index in [2.05, 4.69) is 5.32 Å². The Hall–Kier alpha value is -3.40. The molecule has 4 nitrogen and oxygen atoms in total. The third-order valence-electron chi connectivity index (χ3n) is 6.04. The van der Waals surface area contributed by atoms with E-state index in [9.17, 15) is 9.59 Å². The molecule has 0 unspecified atom stereocenters. The number of carbonyl (C=O) groups is 2. The van der Waals surface area contributed by atoms with Crippen LogP contribution in [0.4, 0.5) is 0 Å². The van der Waals surface area contributed by atoms with Gasteiger partial charge in [-0.3, -0.25) is 9.59 Å². The van der Waals surface area contributed by atoms with Gasteiger partial charge in [0.2, 0.25) is 5.91 Å². The summed E-state index contributed by atoms with van der Waals surface area (Å²) < 4.78 is 0. The van der Waals surface area contributed by atoms with Crippen LogP contribution in [-0.4, -0.2) is 35.8 Å². The third kappa shape index (κ3) is 4.85. The normalized spacial score (nSPS) is 14.5. The number of amides is 2. The van der Waals surface area contributed by atoms with Gasteiger partial charge in [0.25, 0.3) is 5.91 Å². The Morgan fingerprint density at radius 3 is 1.87 bits per heavy atom. The average molecular weight is 413 g/mol. The number of benzene rings is 3. The second-order valence-electron chi connectivity index (χ2n) is 8.14. The van der Waals surface area contributed by atoms with Crippen LogP contribution in [0.15, 0.2) is 84.9 Å². The predicted molar refractivity (Wildman–Crippen MR) is 123 cm³/mol. The van der Waals surface area contributed by atoms with Gasteiger partial charge in [-0.2, -0.15) is 0 Å². The zero-order valence-electron chi connectivity index (χ0n) is 17.8. The van der Waals surface area contributed by atoms with Crippen LogP contribution in [0.2, 0.25) is 0 Å². The van der Waals surface area contributed by atoms with Crippen molar-refractivity contribution in [3.05, 3.63) is 107 Å². The molecular weight excluding hydrogens is 384 g/mol. The SMILES string of the molecule is Cc1ccccc1C(=O)NC1CCN(C(=O)C(c2ccccc2)c2ccccc2)CC1. The first-order chi connectivity index (χ1) is 15.1. The van der Waals surface area contributed by atoms with Crippen LogP contribution in [0, 0.1) is 6.92 Å². The Balaban J connectivity index is 1.43. The van der Waals surface area contributed by atoms with Gasteiger partial charge in [0, 0.05) is 24.7 Å². The number of piperidine rings is 1. The second kappa shape index (κ2) is 9.61. The number of nitrogens with one attached hydrogen (secondary N) is 1. The number of hydrogen-bond donors (Lipinski definition) is 1. The van der Waals surface area contributed by atoms with Crippen molar-refractivity contribution in [2.24, 2.45) is 0 Å². The van der Waals surface area contributed by atoms with Gasteiger partial charge in [0.15, 0.2) is 0 Å². The summed E-state index contributed by atoms with van der Waals surface area (Å²) in [4.78, 5) is 28.1. The molecule has 4 rings (SSSR count). The monoisotopic (exact) mass is 412 g/mol. The molecular formula is C27H28N2O2. The predicted octanol–water partition coefficient (Wildman–Crippen LogP) is 4.55. The molecule has 31 heavy (non-hydrogen) atoms. The minimum Gasteiger partial charge on any atom is -0.349 e. The van der Waals surface area contributed by atoms with Crippen LogP contribution < -0.4 is 5.32 Å². The van der Waals surface area contributed by atoms with E-state index in [1.54, 1.807) is 0 Å². The lowest BCUT2D eigenvalue weighted by Crippen LogP contribution is -2.47. The minimum absolute atomic E-state index is 0.0330. The van der Waals surface area contributed by atoms with E-state index in [0.29, 0.717) is 18.7 Å². The summed E-state index contributed by atoms with van der Waals surface area (Å²) in [6.45, 7) is 3.24. The molecule has 1 saturated heterocycles. The van der Waals surface area contributed by atoms with Crippen molar-refractivity contribution in [2.75, 3.05) is 13.1 Å². The van der Waals surface area contributed by atoms with Crippen molar-refractivity contribution in [2.45, 2.75) is 31.7 Å². The summed E-state index contributed by atoms with van der Waals surface area (Å²) in [6, 6.07) is 27.6. The highest BCUT2D eigenvalue weighted by Crippen LogP contribution is 2.28. The number of rotatable bonds is 5. The maximum Gasteiger partial charge on any atom is 0.251 e. The molecule has 0 saturated carbocycles. The molecule has 1 aliphatic rings. The molecule has 2 amide bonds. The standard InChI is InChI=1S/C27H28N2O2/c1-20-10-8-9-15-24(20)26(30)28-23-16-18-29(19-17-23)27(31)25(21-11-4-2-5-12-21)22-13-6-3-7-14-22/h2-15,23,25H,16-19H2,1H3,(H,28,30). The average Bonchev–Trinajstić information content (AvgIpc) is 2.81. The minimum atomic E-state index is -0.305. The first-order valence-corrected chi connectivity index (χ1v) is 10.9. The van der Waals surface area contributed by atoms with Crippen LogP contribution in [-0.2, 0) is 4.79 Å². The molecule has 158 valence electrons. The summed E-state index contributed by atoms with van der Waals surface area (Å²) >= 11 is 0. The Kier molecular flexibility index (Phi) is 6.46. The molecule has 1 N–H and O–H groups in total. The molecule has 0 radical (unpaired) electrons. The molecule has 3 aromatic rings. The maximum absolute atomic E-state index is 13.5. The van der Waals surface area contributed by atoms with Crippen molar-refractivity contribution in [1.82, 2.24) is 10.2 Å². The lowest BCUT2D eigenvalue weighted by Gasteiger charge is -2.35. The molecule has 4 heteroatoms. The summed E-state index contributed by atoms with van der Waals surface area (Å²) in [5, 5.41) is 3.15. The van der Waals surface area contributed by atoms with Crippen molar-refractivity contribution in [1.29, 1.82) is 0 Å². The Bertz CT molecular complexity index is 986. The molecule has 0 bridgehead atoms. The fraction of sp³-hybridized carbons (Fsp3) is 0.259. The smallest absolute Gasteiger partial charge is 0.251 e. The van der Waals surface area contributed by atoms with Gasteiger partial charge in [-0.1, -0.05) is 78.9 Å². The first kappa shape index (κ1) is 20.9. The number of likely N-dealkylation sites (tertiary alicyclic amines) is 1. The molecule has 0 atom stereocenters. The van der Waals surface area contributed by atoms with Gasteiger partial charge in [0.05, 0.1) is 5.92 Å². The van der Waals surface area contributed by atoms with E-state index in [0.717, 1.165) is 29.5 Å². The fourth-order valence-electron chi connectivity index (χ4n) is 4.29. The molecule has 0 aliphatic carbocycles. The molecule has 0 aromatic heterocycles. The first-order valence-electron chi connectivity index (χ1n) is 10.9. The fourth-order valence-corrected chi connectivity index (χ4v) is 4.29. The van der Waals surface area contributed by atoms with Gasteiger partial charge in [0.1, 0.15) is 0 Å². The lowest BCUT2D eigenvalue weighted by molar-refractivity contribution is -0.132. The highest BCUT2D eigenvalue weighted by molar-refractivity contribution is 5.95. The van der Waals surface area contributed by atoms with Crippen LogP contribution in [0.5, 0.6) is 0 Å². The van der Waals surface area contributed by atoms with Gasteiger partial charge in [-0.05, 0) is 42.5 Å². The van der Waals surface area contributed by atoms with Crippen molar-refractivity contribution in [3.8, 4) is 0 Å².